The molecular weight excluding hydrogens is 280 g/mol. The molecule has 2 aliphatic rings. The van der Waals surface area contributed by atoms with Gasteiger partial charge in [0.25, 0.3) is 0 Å². The smallest absolute Gasteiger partial charge is 0.236 e. The molecule has 1 atom stereocenters. The van der Waals surface area contributed by atoms with E-state index in [0.717, 1.165) is 38.0 Å². The van der Waals surface area contributed by atoms with E-state index in [-0.39, 0.29) is 17.9 Å². The number of pyridine rings is 1. The van der Waals surface area contributed by atoms with Crippen LogP contribution < -0.4 is 5.32 Å². The first-order valence-electron chi connectivity index (χ1n) is 7.91. The van der Waals surface area contributed by atoms with Gasteiger partial charge in [-0.25, -0.2) is 0 Å². The molecule has 1 aromatic rings. The Bertz CT molecular complexity index is 534. The zero-order chi connectivity index (χ0) is 15.4. The normalized spacial score (nSPS) is 22.7. The molecule has 0 aliphatic carbocycles. The molecule has 2 saturated heterocycles. The van der Waals surface area contributed by atoms with Gasteiger partial charge in [0.1, 0.15) is 0 Å². The van der Waals surface area contributed by atoms with Gasteiger partial charge >= 0.3 is 0 Å². The molecule has 0 radical (unpaired) electrons. The van der Waals surface area contributed by atoms with Gasteiger partial charge in [-0.05, 0) is 24.5 Å². The lowest BCUT2D eigenvalue weighted by Gasteiger charge is -2.41. The Balaban J connectivity index is 1.60. The van der Waals surface area contributed by atoms with E-state index in [2.05, 4.69) is 10.3 Å². The predicted octanol–water partition coefficient (Wildman–Crippen LogP) is 0.0469. The first-order chi connectivity index (χ1) is 10.7. The lowest BCUT2D eigenvalue weighted by molar-refractivity contribution is -0.140. The molecule has 0 aromatic carbocycles. The molecule has 118 valence electrons. The second-order valence-corrected chi connectivity index (χ2v) is 5.94. The van der Waals surface area contributed by atoms with Gasteiger partial charge in [0.2, 0.25) is 11.8 Å². The monoisotopic (exact) mass is 302 g/mol. The SMILES string of the molecule is O=C(Cc1cccnc1)N1CCCC(N2CCNCC2=O)C1. The highest BCUT2D eigenvalue weighted by Crippen LogP contribution is 2.18. The molecule has 0 saturated carbocycles. The van der Waals surface area contributed by atoms with E-state index in [1.165, 1.54) is 0 Å². The van der Waals surface area contributed by atoms with E-state index < -0.39 is 0 Å². The molecule has 3 rings (SSSR count). The minimum Gasteiger partial charge on any atom is -0.340 e. The Morgan fingerprint density at radius 3 is 3.09 bits per heavy atom. The van der Waals surface area contributed by atoms with Crippen LogP contribution in [0.2, 0.25) is 0 Å². The molecule has 6 heteroatoms. The summed E-state index contributed by atoms with van der Waals surface area (Å²) in [5.74, 6) is 0.276. The third-order valence-corrected chi connectivity index (χ3v) is 4.39. The highest BCUT2D eigenvalue weighted by Gasteiger charge is 2.31. The molecule has 1 N–H and O–H groups in total. The van der Waals surface area contributed by atoms with Gasteiger partial charge in [-0.15, -0.1) is 0 Å². The molecule has 3 heterocycles. The molecule has 0 bridgehead atoms. The maximum Gasteiger partial charge on any atom is 0.236 e. The molecular formula is C16H22N4O2. The Morgan fingerprint density at radius 1 is 1.41 bits per heavy atom. The largest absolute Gasteiger partial charge is 0.340 e. The van der Waals surface area contributed by atoms with Crippen LogP contribution in [0.25, 0.3) is 0 Å². The van der Waals surface area contributed by atoms with Crippen molar-refractivity contribution < 1.29 is 9.59 Å². The highest BCUT2D eigenvalue weighted by molar-refractivity contribution is 5.80. The minimum atomic E-state index is 0.125. The standard InChI is InChI=1S/C16H22N4O2/c21-15(9-13-3-1-5-17-10-13)19-7-2-4-14(12-19)20-8-6-18-11-16(20)22/h1,3,5,10,14,18H,2,4,6-9,11-12H2. The Kier molecular flexibility index (Phi) is 4.68. The summed E-state index contributed by atoms with van der Waals surface area (Å²) in [6.07, 6.45) is 5.78. The van der Waals surface area contributed by atoms with E-state index >= 15 is 0 Å². The third-order valence-electron chi connectivity index (χ3n) is 4.39. The van der Waals surface area contributed by atoms with Crippen LogP contribution in [0.15, 0.2) is 24.5 Å². The average molecular weight is 302 g/mol. The first kappa shape index (κ1) is 15.0. The van der Waals surface area contributed by atoms with Crippen molar-refractivity contribution in [3.05, 3.63) is 30.1 Å². The van der Waals surface area contributed by atoms with Crippen LogP contribution in [0.3, 0.4) is 0 Å². The number of piperazine rings is 1. The van der Waals surface area contributed by atoms with Crippen molar-refractivity contribution in [2.45, 2.75) is 25.3 Å². The zero-order valence-electron chi connectivity index (χ0n) is 12.7. The van der Waals surface area contributed by atoms with Crippen LogP contribution in [-0.4, -0.2) is 65.4 Å². The number of nitrogens with one attached hydrogen (secondary N) is 1. The average Bonchev–Trinajstić information content (AvgIpc) is 2.56. The van der Waals surface area contributed by atoms with Crippen LogP contribution in [0.4, 0.5) is 0 Å². The van der Waals surface area contributed by atoms with Gasteiger partial charge in [-0.1, -0.05) is 6.07 Å². The van der Waals surface area contributed by atoms with Gasteiger partial charge in [0.15, 0.2) is 0 Å². The number of carbonyl (C=O) groups is 2. The van der Waals surface area contributed by atoms with Crippen molar-refractivity contribution in [3.63, 3.8) is 0 Å². The van der Waals surface area contributed by atoms with Crippen molar-refractivity contribution in [2.75, 3.05) is 32.7 Å². The van der Waals surface area contributed by atoms with Gasteiger partial charge in [0, 0.05) is 44.6 Å². The Labute approximate surface area is 130 Å². The molecule has 0 spiro atoms. The lowest BCUT2D eigenvalue weighted by atomic mass is 10.0. The van der Waals surface area contributed by atoms with Crippen LogP contribution >= 0.6 is 0 Å². The zero-order valence-corrected chi connectivity index (χ0v) is 12.7. The fraction of sp³-hybridized carbons (Fsp3) is 0.562. The van der Waals surface area contributed by atoms with Gasteiger partial charge < -0.3 is 15.1 Å². The van der Waals surface area contributed by atoms with Crippen LogP contribution in [0, 0.1) is 0 Å². The summed E-state index contributed by atoms with van der Waals surface area (Å²) >= 11 is 0. The number of hydrogen-bond acceptors (Lipinski definition) is 4. The minimum absolute atomic E-state index is 0.125. The van der Waals surface area contributed by atoms with Crippen LogP contribution in [-0.2, 0) is 16.0 Å². The molecule has 1 aromatic heterocycles. The van der Waals surface area contributed by atoms with Crippen molar-refractivity contribution in [2.24, 2.45) is 0 Å². The number of piperidine rings is 1. The first-order valence-corrected chi connectivity index (χ1v) is 7.91. The van der Waals surface area contributed by atoms with Gasteiger partial charge in [-0.2, -0.15) is 0 Å². The maximum absolute atomic E-state index is 12.5. The molecule has 2 amide bonds. The summed E-state index contributed by atoms with van der Waals surface area (Å²) in [5.41, 5.74) is 0.938. The summed E-state index contributed by atoms with van der Waals surface area (Å²) < 4.78 is 0. The van der Waals surface area contributed by atoms with Crippen LogP contribution in [0.5, 0.6) is 0 Å². The number of aromatic nitrogens is 1. The number of carbonyl (C=O) groups excluding carboxylic acids is 2. The van der Waals surface area contributed by atoms with Crippen molar-refractivity contribution in [1.82, 2.24) is 20.1 Å². The number of likely N-dealkylation sites (tertiary alicyclic amines) is 1. The summed E-state index contributed by atoms with van der Waals surface area (Å²) in [6, 6.07) is 3.94. The quantitative estimate of drug-likeness (QED) is 0.857. The van der Waals surface area contributed by atoms with Crippen LogP contribution in [0.1, 0.15) is 18.4 Å². The second kappa shape index (κ2) is 6.87. The molecule has 22 heavy (non-hydrogen) atoms. The number of nitrogens with zero attached hydrogens (tertiary/aromatic N) is 3. The highest BCUT2D eigenvalue weighted by atomic mass is 16.2. The number of rotatable bonds is 3. The summed E-state index contributed by atoms with van der Waals surface area (Å²) in [4.78, 5) is 32.4. The Morgan fingerprint density at radius 2 is 2.32 bits per heavy atom. The van der Waals surface area contributed by atoms with E-state index in [9.17, 15) is 9.59 Å². The Hall–Kier alpha value is -1.95. The summed E-state index contributed by atoms with van der Waals surface area (Å²) in [6.45, 7) is 3.45. The predicted molar refractivity (Wildman–Crippen MR) is 82.1 cm³/mol. The molecule has 2 aliphatic heterocycles. The molecule has 2 fully saturated rings. The number of hydrogen-bond donors (Lipinski definition) is 1. The van der Waals surface area contributed by atoms with E-state index in [1.807, 2.05) is 21.9 Å². The number of amides is 2. The van der Waals surface area contributed by atoms with Gasteiger partial charge in [-0.3, -0.25) is 14.6 Å². The van der Waals surface area contributed by atoms with Crippen molar-refractivity contribution in [3.8, 4) is 0 Å². The summed E-state index contributed by atoms with van der Waals surface area (Å²) in [5, 5.41) is 3.09. The lowest BCUT2D eigenvalue weighted by Crippen LogP contribution is -2.57. The fourth-order valence-electron chi connectivity index (χ4n) is 3.23. The molecule has 1 unspecified atom stereocenters. The van der Waals surface area contributed by atoms with E-state index in [4.69, 9.17) is 0 Å². The maximum atomic E-state index is 12.5. The topological polar surface area (TPSA) is 65.5 Å². The van der Waals surface area contributed by atoms with Crippen molar-refractivity contribution >= 4 is 11.8 Å². The van der Waals surface area contributed by atoms with Crippen molar-refractivity contribution in [1.29, 1.82) is 0 Å². The van der Waals surface area contributed by atoms with E-state index in [1.54, 1.807) is 12.4 Å². The molecule has 6 nitrogen and oxygen atoms in total. The fourth-order valence-corrected chi connectivity index (χ4v) is 3.23. The van der Waals surface area contributed by atoms with Gasteiger partial charge in [0.05, 0.1) is 13.0 Å². The second-order valence-electron chi connectivity index (χ2n) is 5.94. The summed E-state index contributed by atoms with van der Waals surface area (Å²) in [7, 11) is 0. The van der Waals surface area contributed by atoms with E-state index in [0.29, 0.717) is 19.5 Å². The third kappa shape index (κ3) is 3.44.